The molecule has 0 N–H and O–H groups in total. The lowest BCUT2D eigenvalue weighted by atomic mass is 9.96. The normalized spacial score (nSPS) is 15.6. The summed E-state index contributed by atoms with van der Waals surface area (Å²) < 4.78 is 12.7. The zero-order valence-electron chi connectivity index (χ0n) is 19.9. The van der Waals surface area contributed by atoms with E-state index >= 15 is 0 Å². The van der Waals surface area contributed by atoms with Gasteiger partial charge in [-0.05, 0) is 55.3 Å². The van der Waals surface area contributed by atoms with E-state index in [1.54, 1.807) is 25.5 Å². The minimum Gasteiger partial charge on any atom is -0.497 e. The molecule has 176 valence electrons. The van der Waals surface area contributed by atoms with Gasteiger partial charge in [-0.1, -0.05) is 35.6 Å². The average Bonchev–Trinajstić information content (AvgIpc) is 3.13. The molecule has 0 radical (unpaired) electrons. The van der Waals surface area contributed by atoms with Crippen LogP contribution < -0.4 is 24.5 Å². The smallest absolute Gasteiger partial charge is 0.338 e. The van der Waals surface area contributed by atoms with Crippen LogP contribution in [0.15, 0.2) is 69.6 Å². The maximum Gasteiger partial charge on any atom is 0.338 e. The number of aromatic nitrogens is 1. The van der Waals surface area contributed by atoms with Crippen molar-refractivity contribution in [3.05, 3.63) is 90.6 Å². The van der Waals surface area contributed by atoms with Crippen molar-refractivity contribution in [3.8, 4) is 5.75 Å². The molecule has 2 aromatic carbocycles. The van der Waals surface area contributed by atoms with Gasteiger partial charge in [-0.15, -0.1) is 0 Å². The number of carbonyl (C=O) groups excluding carboxylic acids is 1. The molecule has 0 aliphatic carbocycles. The standard InChI is InChI=1S/C26H27N3O4S/c1-6-33-25(31)22-16(2)27-26-29(23(22)18-9-13-20(32-5)14-10-18)24(30)21(34-26)15-17-7-11-19(12-8-17)28(3)4/h7-15,23H,6H2,1-5H3. The van der Waals surface area contributed by atoms with Crippen molar-refractivity contribution >= 4 is 29.1 Å². The second kappa shape index (κ2) is 9.69. The van der Waals surface area contributed by atoms with Crippen LogP contribution in [0, 0.1) is 0 Å². The first kappa shape index (κ1) is 23.5. The molecule has 8 heteroatoms. The van der Waals surface area contributed by atoms with Gasteiger partial charge in [-0.3, -0.25) is 9.36 Å². The highest BCUT2D eigenvalue weighted by atomic mass is 32.1. The topological polar surface area (TPSA) is 73.1 Å². The van der Waals surface area contributed by atoms with Crippen LogP contribution in [0.1, 0.15) is 31.0 Å². The van der Waals surface area contributed by atoms with Crippen LogP contribution in [0.25, 0.3) is 6.08 Å². The number of hydrogen-bond acceptors (Lipinski definition) is 7. The number of methoxy groups -OCH3 is 1. The van der Waals surface area contributed by atoms with Crippen LogP contribution in [-0.4, -0.2) is 38.3 Å². The molecule has 4 rings (SSSR count). The van der Waals surface area contributed by atoms with Crippen molar-refractivity contribution in [3.63, 3.8) is 0 Å². The number of anilines is 1. The summed E-state index contributed by atoms with van der Waals surface area (Å²) in [6.45, 7) is 3.77. The van der Waals surface area contributed by atoms with Crippen molar-refractivity contribution in [1.29, 1.82) is 0 Å². The van der Waals surface area contributed by atoms with E-state index in [1.807, 2.05) is 73.6 Å². The number of esters is 1. The molecule has 0 saturated carbocycles. The fraction of sp³-hybridized carbons (Fsp3) is 0.269. The van der Waals surface area contributed by atoms with Crippen molar-refractivity contribution in [2.75, 3.05) is 32.7 Å². The Balaban J connectivity index is 1.89. The van der Waals surface area contributed by atoms with Gasteiger partial charge in [0.1, 0.15) is 5.75 Å². The van der Waals surface area contributed by atoms with Crippen molar-refractivity contribution in [2.24, 2.45) is 4.99 Å². The van der Waals surface area contributed by atoms with Crippen LogP contribution in [0.2, 0.25) is 0 Å². The molecule has 2 heterocycles. The van der Waals surface area contributed by atoms with E-state index < -0.39 is 12.0 Å². The van der Waals surface area contributed by atoms with Gasteiger partial charge < -0.3 is 14.4 Å². The summed E-state index contributed by atoms with van der Waals surface area (Å²) >= 11 is 1.31. The Kier molecular flexibility index (Phi) is 6.70. The lowest BCUT2D eigenvalue weighted by molar-refractivity contribution is -0.139. The highest BCUT2D eigenvalue weighted by Gasteiger charge is 2.33. The van der Waals surface area contributed by atoms with Gasteiger partial charge in [0, 0.05) is 19.8 Å². The first-order chi connectivity index (χ1) is 16.3. The Bertz CT molecular complexity index is 1410. The van der Waals surface area contributed by atoms with Gasteiger partial charge in [0.15, 0.2) is 4.80 Å². The maximum absolute atomic E-state index is 13.6. The first-order valence-electron chi connectivity index (χ1n) is 10.9. The van der Waals surface area contributed by atoms with Crippen molar-refractivity contribution in [1.82, 2.24) is 4.57 Å². The number of thiazole rings is 1. The minimum atomic E-state index is -0.639. The fourth-order valence-electron chi connectivity index (χ4n) is 3.91. The molecule has 0 spiro atoms. The number of carbonyl (C=O) groups is 1. The van der Waals surface area contributed by atoms with Gasteiger partial charge >= 0.3 is 5.97 Å². The molecule has 1 aliphatic rings. The van der Waals surface area contributed by atoms with E-state index in [0.29, 0.717) is 26.4 Å². The van der Waals surface area contributed by atoms with E-state index in [9.17, 15) is 9.59 Å². The van der Waals surface area contributed by atoms with Crippen LogP contribution >= 0.6 is 11.3 Å². The molecule has 7 nitrogen and oxygen atoms in total. The molecule has 0 fully saturated rings. The third kappa shape index (κ3) is 4.41. The molecular formula is C26H27N3O4S. The Morgan fingerprint density at radius 2 is 1.82 bits per heavy atom. The Labute approximate surface area is 201 Å². The lowest BCUT2D eigenvalue weighted by Crippen LogP contribution is -2.39. The number of hydrogen-bond donors (Lipinski definition) is 0. The van der Waals surface area contributed by atoms with E-state index in [1.165, 1.54) is 11.3 Å². The molecule has 1 unspecified atom stereocenters. The summed E-state index contributed by atoms with van der Waals surface area (Å²) in [6.07, 6.45) is 1.86. The van der Waals surface area contributed by atoms with E-state index in [-0.39, 0.29) is 12.2 Å². The number of rotatable bonds is 6. The summed E-state index contributed by atoms with van der Waals surface area (Å²) in [7, 11) is 5.56. The summed E-state index contributed by atoms with van der Waals surface area (Å²) in [6, 6.07) is 14.7. The van der Waals surface area contributed by atoms with E-state index in [0.717, 1.165) is 16.8 Å². The van der Waals surface area contributed by atoms with Crippen molar-refractivity contribution in [2.45, 2.75) is 19.9 Å². The minimum absolute atomic E-state index is 0.199. The zero-order chi connectivity index (χ0) is 24.4. The van der Waals surface area contributed by atoms with Gasteiger partial charge in [0.2, 0.25) is 0 Å². The van der Waals surface area contributed by atoms with Gasteiger partial charge in [-0.25, -0.2) is 9.79 Å². The van der Waals surface area contributed by atoms with E-state index in [2.05, 4.69) is 4.99 Å². The molecule has 1 aromatic heterocycles. The molecule has 34 heavy (non-hydrogen) atoms. The zero-order valence-corrected chi connectivity index (χ0v) is 20.7. The van der Waals surface area contributed by atoms with Crippen molar-refractivity contribution < 1.29 is 14.3 Å². The Morgan fingerprint density at radius 3 is 2.41 bits per heavy atom. The molecular weight excluding hydrogens is 450 g/mol. The van der Waals surface area contributed by atoms with Crippen LogP contribution in [0.4, 0.5) is 5.69 Å². The second-order valence-electron chi connectivity index (χ2n) is 8.06. The number of benzene rings is 2. The monoisotopic (exact) mass is 477 g/mol. The number of fused-ring (bicyclic) bond motifs is 1. The third-order valence-electron chi connectivity index (χ3n) is 5.66. The highest BCUT2D eigenvalue weighted by Crippen LogP contribution is 2.31. The van der Waals surface area contributed by atoms with Crippen LogP contribution in [0.3, 0.4) is 0 Å². The quantitative estimate of drug-likeness (QED) is 0.511. The first-order valence-corrected chi connectivity index (χ1v) is 11.8. The van der Waals surface area contributed by atoms with Crippen LogP contribution in [0.5, 0.6) is 5.75 Å². The molecule has 0 saturated heterocycles. The molecule has 3 aromatic rings. The summed E-state index contributed by atoms with van der Waals surface area (Å²) in [5.41, 5.74) is 3.48. The second-order valence-corrected chi connectivity index (χ2v) is 9.07. The predicted molar refractivity (Wildman–Crippen MR) is 134 cm³/mol. The predicted octanol–water partition coefficient (Wildman–Crippen LogP) is 2.87. The summed E-state index contributed by atoms with van der Waals surface area (Å²) in [4.78, 5) is 33.7. The van der Waals surface area contributed by atoms with Crippen LogP contribution in [-0.2, 0) is 9.53 Å². The number of nitrogens with zero attached hydrogens (tertiary/aromatic N) is 3. The average molecular weight is 478 g/mol. The SMILES string of the molecule is CCOC(=O)C1=C(C)N=c2sc(=Cc3ccc(N(C)C)cc3)c(=O)n2C1c1ccc(OC)cc1. The molecule has 1 aliphatic heterocycles. The van der Waals surface area contributed by atoms with E-state index in [4.69, 9.17) is 9.47 Å². The molecule has 0 amide bonds. The third-order valence-corrected chi connectivity index (χ3v) is 6.64. The molecule has 1 atom stereocenters. The van der Waals surface area contributed by atoms with Gasteiger partial charge in [0.25, 0.3) is 5.56 Å². The lowest BCUT2D eigenvalue weighted by Gasteiger charge is -2.24. The largest absolute Gasteiger partial charge is 0.497 e. The number of ether oxygens (including phenoxy) is 2. The summed E-state index contributed by atoms with van der Waals surface area (Å²) in [5, 5.41) is 0. The summed E-state index contributed by atoms with van der Waals surface area (Å²) in [5.74, 6) is 0.217. The fourth-order valence-corrected chi connectivity index (χ4v) is 4.96. The Morgan fingerprint density at radius 1 is 1.15 bits per heavy atom. The Hall–Kier alpha value is -3.65. The highest BCUT2D eigenvalue weighted by molar-refractivity contribution is 7.07. The molecule has 0 bridgehead atoms. The maximum atomic E-state index is 13.6. The number of allylic oxidation sites excluding steroid dienone is 1. The van der Waals surface area contributed by atoms with Gasteiger partial charge in [0.05, 0.1) is 35.6 Å². The van der Waals surface area contributed by atoms with Gasteiger partial charge in [-0.2, -0.15) is 0 Å².